The largest absolute Gasteiger partial charge is 0.493 e. The molecule has 1 aliphatic rings. The third-order valence-corrected chi connectivity index (χ3v) is 5.95. The zero-order valence-electron chi connectivity index (χ0n) is 18.2. The van der Waals surface area contributed by atoms with Crippen LogP contribution in [0.25, 0.3) is 6.08 Å². The molecule has 0 aromatic heterocycles. The standard InChI is InChI=1S/C23H22ClFN2O5S/c1-4-13(2)32-21-15(24)9-14(10-18(21)31-3)11-19-22(29)27(23(30)33-19)12-20(28)26-17-8-6-5-7-16(17)25/h5-11,13H,4,12H2,1-3H3,(H,26,28)/b19-11-/t13-/m1/s1. The highest BCUT2D eigenvalue weighted by atomic mass is 35.5. The lowest BCUT2D eigenvalue weighted by atomic mass is 10.1. The predicted octanol–water partition coefficient (Wildman–Crippen LogP) is 5.34. The monoisotopic (exact) mass is 492 g/mol. The van der Waals surface area contributed by atoms with Gasteiger partial charge >= 0.3 is 0 Å². The second-order valence-corrected chi connectivity index (χ2v) is 8.57. The number of amides is 3. The molecule has 1 atom stereocenters. The molecular weight excluding hydrogens is 471 g/mol. The van der Waals surface area contributed by atoms with Crippen LogP contribution in [0, 0.1) is 5.82 Å². The lowest BCUT2D eigenvalue weighted by Crippen LogP contribution is -2.36. The summed E-state index contributed by atoms with van der Waals surface area (Å²) in [6.45, 7) is 3.34. The Hall–Kier alpha value is -3.04. The molecule has 10 heteroatoms. The van der Waals surface area contributed by atoms with Crippen LogP contribution in [0.4, 0.5) is 14.9 Å². The second kappa shape index (κ2) is 10.7. The number of carbonyl (C=O) groups excluding carboxylic acids is 3. The number of carbonyl (C=O) groups is 3. The normalized spacial score (nSPS) is 15.7. The van der Waals surface area contributed by atoms with E-state index in [1.54, 1.807) is 18.2 Å². The average Bonchev–Trinajstić information content (AvgIpc) is 3.04. The molecule has 1 aliphatic heterocycles. The van der Waals surface area contributed by atoms with Gasteiger partial charge in [-0.15, -0.1) is 0 Å². The molecule has 1 fully saturated rings. The van der Waals surface area contributed by atoms with Gasteiger partial charge < -0.3 is 14.8 Å². The minimum absolute atomic E-state index is 0.0357. The van der Waals surface area contributed by atoms with Crippen LogP contribution in [0.3, 0.4) is 0 Å². The Labute approximate surface area is 199 Å². The van der Waals surface area contributed by atoms with Gasteiger partial charge in [-0.2, -0.15) is 0 Å². The highest BCUT2D eigenvalue weighted by Crippen LogP contribution is 2.39. The summed E-state index contributed by atoms with van der Waals surface area (Å²) in [5, 5.41) is 2.04. The van der Waals surface area contributed by atoms with Crippen LogP contribution in [-0.4, -0.2) is 41.7 Å². The molecule has 0 unspecified atom stereocenters. The molecule has 0 saturated carbocycles. The molecule has 0 aliphatic carbocycles. The maximum atomic E-state index is 13.7. The number of nitrogens with zero attached hydrogens (tertiary/aromatic N) is 1. The van der Waals surface area contributed by atoms with Gasteiger partial charge in [0.25, 0.3) is 11.1 Å². The van der Waals surface area contributed by atoms with Gasteiger partial charge in [0.1, 0.15) is 12.4 Å². The predicted molar refractivity (Wildman–Crippen MR) is 126 cm³/mol. The maximum absolute atomic E-state index is 13.7. The number of hydrogen-bond acceptors (Lipinski definition) is 6. The molecule has 1 heterocycles. The molecule has 7 nitrogen and oxygen atoms in total. The Bertz CT molecular complexity index is 1120. The summed E-state index contributed by atoms with van der Waals surface area (Å²) in [5.41, 5.74) is 0.487. The van der Waals surface area contributed by atoms with E-state index in [0.717, 1.165) is 11.3 Å². The summed E-state index contributed by atoms with van der Waals surface area (Å²) in [5.74, 6) is -1.17. The first-order valence-electron chi connectivity index (χ1n) is 10.1. The van der Waals surface area contributed by atoms with Gasteiger partial charge in [0.2, 0.25) is 5.91 Å². The first-order chi connectivity index (χ1) is 15.7. The van der Waals surface area contributed by atoms with Crippen molar-refractivity contribution in [1.29, 1.82) is 0 Å². The number of halogens is 2. The number of ether oxygens (including phenoxy) is 2. The quantitative estimate of drug-likeness (QED) is 0.501. The number of thioether (sulfide) groups is 1. The van der Waals surface area contributed by atoms with Crippen LogP contribution >= 0.6 is 23.4 Å². The molecule has 0 bridgehead atoms. The van der Waals surface area contributed by atoms with Crippen molar-refractivity contribution in [2.75, 3.05) is 19.0 Å². The number of benzene rings is 2. The van der Waals surface area contributed by atoms with E-state index in [1.807, 2.05) is 13.8 Å². The Balaban J connectivity index is 1.77. The fourth-order valence-electron chi connectivity index (χ4n) is 2.91. The molecular formula is C23H22ClFN2O5S. The summed E-state index contributed by atoms with van der Waals surface area (Å²) in [6.07, 6.45) is 2.19. The molecule has 1 N–H and O–H groups in total. The Morgan fingerprint density at radius 1 is 1.30 bits per heavy atom. The zero-order chi connectivity index (χ0) is 24.1. The van der Waals surface area contributed by atoms with E-state index < -0.39 is 29.4 Å². The number of hydrogen-bond donors (Lipinski definition) is 1. The van der Waals surface area contributed by atoms with Crippen molar-refractivity contribution in [3.05, 3.63) is 57.7 Å². The average molecular weight is 493 g/mol. The maximum Gasteiger partial charge on any atom is 0.294 e. The zero-order valence-corrected chi connectivity index (χ0v) is 19.8. The van der Waals surface area contributed by atoms with Crippen LogP contribution in [0.5, 0.6) is 11.5 Å². The molecule has 174 valence electrons. The van der Waals surface area contributed by atoms with Gasteiger partial charge in [0.15, 0.2) is 11.5 Å². The minimum Gasteiger partial charge on any atom is -0.493 e. The van der Waals surface area contributed by atoms with Crippen molar-refractivity contribution >= 4 is 52.2 Å². The van der Waals surface area contributed by atoms with Crippen molar-refractivity contribution in [3.63, 3.8) is 0 Å². The molecule has 1 saturated heterocycles. The summed E-state index contributed by atoms with van der Waals surface area (Å²) >= 11 is 7.06. The van der Waals surface area contributed by atoms with E-state index in [-0.39, 0.29) is 16.7 Å². The van der Waals surface area contributed by atoms with Gasteiger partial charge in [0.05, 0.1) is 28.8 Å². The Morgan fingerprint density at radius 2 is 2.03 bits per heavy atom. The van der Waals surface area contributed by atoms with Crippen molar-refractivity contribution in [2.24, 2.45) is 0 Å². The van der Waals surface area contributed by atoms with Crippen LogP contribution in [0.2, 0.25) is 5.02 Å². The molecule has 2 aromatic rings. The molecule has 3 amide bonds. The summed E-state index contributed by atoms with van der Waals surface area (Å²) < 4.78 is 24.9. The summed E-state index contributed by atoms with van der Waals surface area (Å²) in [6, 6.07) is 8.85. The van der Waals surface area contributed by atoms with Crippen molar-refractivity contribution in [2.45, 2.75) is 26.4 Å². The third-order valence-electron chi connectivity index (χ3n) is 4.77. The molecule has 2 aromatic carbocycles. The Kier molecular flexibility index (Phi) is 7.99. The molecule has 0 radical (unpaired) electrons. The van der Waals surface area contributed by atoms with Gasteiger partial charge in [0, 0.05) is 0 Å². The topological polar surface area (TPSA) is 84.9 Å². The lowest BCUT2D eigenvalue weighted by Gasteiger charge is -2.17. The fourth-order valence-corrected chi connectivity index (χ4v) is 4.01. The molecule has 3 rings (SSSR count). The number of imide groups is 1. The fraction of sp³-hybridized carbons (Fsp3) is 0.261. The summed E-state index contributed by atoms with van der Waals surface area (Å²) in [4.78, 5) is 38.3. The van der Waals surface area contributed by atoms with Crippen molar-refractivity contribution in [3.8, 4) is 11.5 Å². The number of anilines is 1. The highest BCUT2D eigenvalue weighted by molar-refractivity contribution is 8.18. The first kappa shape index (κ1) is 24.6. The van der Waals surface area contributed by atoms with Crippen LogP contribution in [-0.2, 0) is 9.59 Å². The van der Waals surface area contributed by atoms with Crippen LogP contribution < -0.4 is 14.8 Å². The third kappa shape index (κ3) is 5.85. The van der Waals surface area contributed by atoms with Gasteiger partial charge in [-0.05, 0) is 61.0 Å². The van der Waals surface area contributed by atoms with E-state index in [0.29, 0.717) is 33.8 Å². The van der Waals surface area contributed by atoms with E-state index in [2.05, 4.69) is 5.32 Å². The number of nitrogens with one attached hydrogen (secondary N) is 1. The van der Waals surface area contributed by atoms with Gasteiger partial charge in [-0.1, -0.05) is 30.7 Å². The molecule has 33 heavy (non-hydrogen) atoms. The minimum atomic E-state index is -0.695. The SMILES string of the molecule is CC[C@@H](C)Oc1c(Cl)cc(/C=C2\SC(=O)N(CC(=O)Nc3ccccc3F)C2=O)cc1OC. The van der Waals surface area contributed by atoms with E-state index in [1.165, 1.54) is 31.4 Å². The van der Waals surface area contributed by atoms with Gasteiger partial charge in [-0.25, -0.2) is 4.39 Å². The van der Waals surface area contributed by atoms with Crippen LogP contribution in [0.1, 0.15) is 25.8 Å². The van der Waals surface area contributed by atoms with Gasteiger partial charge in [-0.3, -0.25) is 19.3 Å². The smallest absolute Gasteiger partial charge is 0.294 e. The lowest BCUT2D eigenvalue weighted by molar-refractivity contribution is -0.127. The van der Waals surface area contributed by atoms with E-state index in [9.17, 15) is 18.8 Å². The van der Waals surface area contributed by atoms with Crippen molar-refractivity contribution < 1.29 is 28.2 Å². The van der Waals surface area contributed by atoms with E-state index >= 15 is 0 Å². The number of rotatable bonds is 8. The van der Waals surface area contributed by atoms with Crippen molar-refractivity contribution in [1.82, 2.24) is 4.90 Å². The van der Waals surface area contributed by atoms with E-state index in [4.69, 9.17) is 21.1 Å². The first-order valence-corrected chi connectivity index (χ1v) is 11.3. The van der Waals surface area contributed by atoms with Crippen LogP contribution in [0.15, 0.2) is 41.3 Å². The number of para-hydroxylation sites is 1. The number of methoxy groups -OCH3 is 1. The highest BCUT2D eigenvalue weighted by Gasteiger charge is 2.36. The second-order valence-electron chi connectivity index (χ2n) is 7.17. The molecule has 0 spiro atoms. The Morgan fingerprint density at radius 3 is 2.70 bits per heavy atom. The summed E-state index contributed by atoms with van der Waals surface area (Å²) in [7, 11) is 1.47.